The van der Waals surface area contributed by atoms with E-state index in [1.165, 1.54) is 0 Å². The molecule has 0 saturated carbocycles. The highest BCUT2D eigenvalue weighted by molar-refractivity contribution is 6.10. The fraction of sp³-hybridized carbons (Fsp3) is 0.0833. The van der Waals surface area contributed by atoms with Crippen LogP contribution >= 0.6 is 0 Å². The van der Waals surface area contributed by atoms with Crippen molar-refractivity contribution in [2.45, 2.75) is 12.3 Å². The van der Waals surface area contributed by atoms with Gasteiger partial charge in [-0.2, -0.15) is 0 Å². The van der Waals surface area contributed by atoms with Gasteiger partial charge in [-0.25, -0.2) is 0 Å². The van der Waals surface area contributed by atoms with Gasteiger partial charge in [-0.1, -0.05) is 97.6 Å². The summed E-state index contributed by atoms with van der Waals surface area (Å²) in [6.45, 7) is 4.05. The van der Waals surface area contributed by atoms with Crippen LogP contribution < -0.4 is 0 Å². The molecule has 1 atom stereocenters. The standard InChI is InChI=1S/C24H20O2/c1-18(24(26)21-15-9-4-10-16-21)22(19-11-5-2-6-12-19)17-23(25)20-13-7-3-8-14-20/h2-16,22H,1,17H2/t22-/m0/s1. The molecule has 0 aliphatic carbocycles. The molecule has 0 N–H and O–H groups in total. The number of carbonyl (C=O) groups is 2. The van der Waals surface area contributed by atoms with Gasteiger partial charge in [0.2, 0.25) is 0 Å². The Bertz CT molecular complexity index is 897. The molecule has 0 aliphatic heterocycles. The second-order valence-corrected chi connectivity index (χ2v) is 6.18. The van der Waals surface area contributed by atoms with E-state index in [1.54, 1.807) is 24.3 Å². The van der Waals surface area contributed by atoms with Gasteiger partial charge < -0.3 is 0 Å². The molecule has 2 nitrogen and oxygen atoms in total. The summed E-state index contributed by atoms with van der Waals surface area (Å²) in [7, 11) is 0. The number of ketones is 2. The number of carbonyl (C=O) groups excluding carboxylic acids is 2. The van der Waals surface area contributed by atoms with Gasteiger partial charge in [0, 0.05) is 29.0 Å². The van der Waals surface area contributed by atoms with Crippen LogP contribution in [0.3, 0.4) is 0 Å². The first-order chi connectivity index (χ1) is 12.7. The molecule has 3 aromatic rings. The van der Waals surface area contributed by atoms with Gasteiger partial charge >= 0.3 is 0 Å². The molecular formula is C24H20O2. The van der Waals surface area contributed by atoms with Crippen molar-refractivity contribution in [1.29, 1.82) is 0 Å². The molecule has 2 heteroatoms. The molecule has 0 bridgehead atoms. The Morgan fingerprint density at radius 3 is 1.69 bits per heavy atom. The summed E-state index contributed by atoms with van der Waals surface area (Å²) < 4.78 is 0. The Kier molecular flexibility index (Phi) is 5.55. The third-order valence-electron chi connectivity index (χ3n) is 4.44. The lowest BCUT2D eigenvalue weighted by molar-refractivity contribution is 0.0972. The van der Waals surface area contributed by atoms with Crippen LogP contribution in [0.25, 0.3) is 0 Å². The van der Waals surface area contributed by atoms with Crippen molar-refractivity contribution < 1.29 is 9.59 Å². The largest absolute Gasteiger partial charge is 0.294 e. The molecule has 0 saturated heterocycles. The Balaban J connectivity index is 1.90. The summed E-state index contributed by atoms with van der Waals surface area (Å²) in [6, 6.07) is 27.8. The Labute approximate surface area is 153 Å². The molecule has 0 aromatic heterocycles. The second-order valence-electron chi connectivity index (χ2n) is 6.18. The summed E-state index contributed by atoms with van der Waals surface area (Å²) in [5.41, 5.74) is 2.59. The summed E-state index contributed by atoms with van der Waals surface area (Å²) in [5.74, 6) is -0.474. The van der Waals surface area contributed by atoms with Crippen LogP contribution in [-0.4, -0.2) is 11.6 Å². The summed E-state index contributed by atoms with van der Waals surface area (Å²) in [4.78, 5) is 25.6. The number of hydrogen-bond donors (Lipinski definition) is 0. The van der Waals surface area contributed by atoms with E-state index in [1.807, 2.05) is 66.7 Å². The van der Waals surface area contributed by atoms with Crippen molar-refractivity contribution in [3.05, 3.63) is 120 Å². The molecule has 0 amide bonds. The highest BCUT2D eigenvalue weighted by atomic mass is 16.1. The van der Waals surface area contributed by atoms with E-state index >= 15 is 0 Å². The molecule has 0 heterocycles. The SMILES string of the molecule is C=C(C(=O)c1ccccc1)[C@H](CC(=O)c1ccccc1)c1ccccc1. The molecule has 0 spiro atoms. The quantitative estimate of drug-likeness (QED) is 0.421. The Morgan fingerprint density at radius 2 is 1.15 bits per heavy atom. The minimum atomic E-state index is -0.350. The van der Waals surface area contributed by atoms with Gasteiger partial charge in [0.25, 0.3) is 0 Å². The fourth-order valence-corrected chi connectivity index (χ4v) is 2.99. The van der Waals surface area contributed by atoms with Crippen LogP contribution in [0.2, 0.25) is 0 Å². The summed E-state index contributed by atoms with van der Waals surface area (Å²) >= 11 is 0. The number of benzene rings is 3. The smallest absolute Gasteiger partial charge is 0.189 e. The zero-order chi connectivity index (χ0) is 18.4. The predicted molar refractivity (Wildman–Crippen MR) is 104 cm³/mol. The zero-order valence-corrected chi connectivity index (χ0v) is 14.5. The number of Topliss-reactive ketones (excluding diaryl/α,β-unsaturated/α-hetero) is 2. The summed E-state index contributed by atoms with van der Waals surface area (Å²) in [6.07, 6.45) is 0.214. The van der Waals surface area contributed by atoms with E-state index in [0.29, 0.717) is 16.7 Å². The average molecular weight is 340 g/mol. The van der Waals surface area contributed by atoms with Gasteiger partial charge in [0.1, 0.15) is 0 Å². The van der Waals surface area contributed by atoms with Gasteiger partial charge in [-0.3, -0.25) is 9.59 Å². The Morgan fingerprint density at radius 1 is 0.692 bits per heavy atom. The highest BCUT2D eigenvalue weighted by Gasteiger charge is 2.24. The topological polar surface area (TPSA) is 34.1 Å². The lowest BCUT2D eigenvalue weighted by Gasteiger charge is -2.19. The van der Waals surface area contributed by atoms with Gasteiger partial charge in [-0.15, -0.1) is 0 Å². The molecular weight excluding hydrogens is 320 g/mol. The van der Waals surface area contributed by atoms with Crippen molar-refractivity contribution in [2.75, 3.05) is 0 Å². The predicted octanol–water partition coefficient (Wildman–Crippen LogP) is 5.48. The van der Waals surface area contributed by atoms with Gasteiger partial charge in [-0.05, 0) is 5.56 Å². The zero-order valence-electron chi connectivity index (χ0n) is 14.5. The molecule has 128 valence electrons. The third-order valence-corrected chi connectivity index (χ3v) is 4.44. The lowest BCUT2D eigenvalue weighted by Crippen LogP contribution is -2.15. The highest BCUT2D eigenvalue weighted by Crippen LogP contribution is 2.30. The molecule has 0 aliphatic rings. The van der Waals surface area contributed by atoms with E-state index in [9.17, 15) is 9.59 Å². The van der Waals surface area contributed by atoms with Crippen LogP contribution in [0.5, 0.6) is 0 Å². The number of hydrogen-bond acceptors (Lipinski definition) is 2. The third kappa shape index (κ3) is 4.04. The monoisotopic (exact) mass is 340 g/mol. The number of allylic oxidation sites excluding steroid dienone is 1. The van der Waals surface area contributed by atoms with E-state index in [4.69, 9.17) is 0 Å². The van der Waals surface area contributed by atoms with Gasteiger partial charge in [0.05, 0.1) is 0 Å². The summed E-state index contributed by atoms with van der Waals surface area (Å²) in [5, 5.41) is 0. The van der Waals surface area contributed by atoms with Gasteiger partial charge in [0.15, 0.2) is 11.6 Å². The molecule has 0 radical (unpaired) electrons. The van der Waals surface area contributed by atoms with Crippen LogP contribution in [0.15, 0.2) is 103 Å². The van der Waals surface area contributed by atoms with Crippen LogP contribution in [0.1, 0.15) is 38.6 Å². The molecule has 0 unspecified atom stereocenters. The molecule has 3 rings (SSSR count). The Hall–Kier alpha value is -3.26. The average Bonchev–Trinajstić information content (AvgIpc) is 2.72. The first-order valence-corrected chi connectivity index (χ1v) is 8.58. The normalized spacial score (nSPS) is 11.5. The number of rotatable bonds is 7. The van der Waals surface area contributed by atoms with Crippen molar-refractivity contribution >= 4 is 11.6 Å². The first-order valence-electron chi connectivity index (χ1n) is 8.58. The first kappa shape index (κ1) is 17.6. The van der Waals surface area contributed by atoms with Crippen LogP contribution in [-0.2, 0) is 0 Å². The molecule has 26 heavy (non-hydrogen) atoms. The van der Waals surface area contributed by atoms with Crippen LogP contribution in [0, 0.1) is 0 Å². The van der Waals surface area contributed by atoms with E-state index in [0.717, 1.165) is 5.56 Å². The maximum Gasteiger partial charge on any atom is 0.189 e. The maximum absolute atomic E-state index is 12.9. The van der Waals surface area contributed by atoms with E-state index < -0.39 is 0 Å². The molecule has 3 aromatic carbocycles. The minimum Gasteiger partial charge on any atom is -0.294 e. The molecule has 0 fully saturated rings. The van der Waals surface area contributed by atoms with Crippen LogP contribution in [0.4, 0.5) is 0 Å². The van der Waals surface area contributed by atoms with E-state index in [2.05, 4.69) is 6.58 Å². The fourth-order valence-electron chi connectivity index (χ4n) is 2.99. The second kappa shape index (κ2) is 8.21. The van der Waals surface area contributed by atoms with Crippen molar-refractivity contribution in [3.8, 4) is 0 Å². The maximum atomic E-state index is 12.9. The minimum absolute atomic E-state index is 0.00136. The van der Waals surface area contributed by atoms with Crippen molar-refractivity contribution in [2.24, 2.45) is 0 Å². The lowest BCUT2D eigenvalue weighted by atomic mass is 9.83. The van der Waals surface area contributed by atoms with E-state index in [-0.39, 0.29) is 23.9 Å². The van der Waals surface area contributed by atoms with Crippen molar-refractivity contribution in [3.63, 3.8) is 0 Å². The van der Waals surface area contributed by atoms with Crippen molar-refractivity contribution in [1.82, 2.24) is 0 Å².